The van der Waals surface area contributed by atoms with Crippen LogP contribution in [0.25, 0.3) is 0 Å². The molecule has 9 heteroatoms. The maximum atomic E-state index is 12.2. The van der Waals surface area contributed by atoms with Gasteiger partial charge in [-0.15, -0.1) is 12.4 Å². The lowest BCUT2D eigenvalue weighted by atomic mass is 10.3. The van der Waals surface area contributed by atoms with Crippen molar-refractivity contribution in [1.29, 1.82) is 0 Å². The van der Waals surface area contributed by atoms with Crippen LogP contribution in [-0.4, -0.2) is 49.9 Å². The fourth-order valence-corrected chi connectivity index (χ4v) is 3.29. The Balaban J connectivity index is 0.00000242. The first-order chi connectivity index (χ1) is 9.90. The molecule has 0 spiro atoms. The number of hydrogen-bond acceptors (Lipinski definition) is 4. The van der Waals surface area contributed by atoms with Crippen LogP contribution in [0.1, 0.15) is 36.7 Å². The first-order valence-electron chi connectivity index (χ1n) is 7.13. The number of halogens is 1. The molecule has 1 aromatic rings. The van der Waals surface area contributed by atoms with Crippen molar-refractivity contribution in [3.8, 4) is 0 Å². The zero-order valence-corrected chi connectivity index (χ0v) is 14.2. The molecule has 0 radical (unpaired) electrons. The predicted molar refractivity (Wildman–Crippen MR) is 86.6 cm³/mol. The standard InChI is InChI=1S/C13H22N4O3S.ClH/c1-10(14)4-5-16-21(19,20)11-8-12(15-9-11)13(18)17-6-2-3-7-17;/h8-10,15-16H,2-7,14H2,1H3;1H. The van der Waals surface area contributed by atoms with E-state index in [9.17, 15) is 13.2 Å². The number of H-pyrrole nitrogens is 1. The zero-order chi connectivity index (χ0) is 15.5. The van der Waals surface area contributed by atoms with Crippen LogP contribution >= 0.6 is 12.4 Å². The summed E-state index contributed by atoms with van der Waals surface area (Å²) < 4.78 is 26.6. The number of aromatic nitrogens is 1. The second kappa shape index (κ2) is 7.96. The molecule has 2 heterocycles. The number of likely N-dealkylation sites (tertiary alicyclic amines) is 1. The molecule has 1 amide bonds. The van der Waals surface area contributed by atoms with Crippen LogP contribution < -0.4 is 10.5 Å². The van der Waals surface area contributed by atoms with Crippen LogP contribution in [0.15, 0.2) is 17.2 Å². The molecule has 0 bridgehead atoms. The Hall–Kier alpha value is -1.09. The number of carbonyl (C=O) groups is 1. The third kappa shape index (κ3) is 4.70. The molecule has 7 nitrogen and oxygen atoms in total. The Kier molecular flexibility index (Phi) is 6.86. The van der Waals surface area contributed by atoms with Gasteiger partial charge in [-0.25, -0.2) is 13.1 Å². The Morgan fingerprint density at radius 2 is 2.09 bits per heavy atom. The smallest absolute Gasteiger partial charge is 0.270 e. The van der Waals surface area contributed by atoms with Crippen molar-refractivity contribution in [3.05, 3.63) is 18.0 Å². The number of aromatic amines is 1. The van der Waals surface area contributed by atoms with Crippen LogP contribution in [0.2, 0.25) is 0 Å². The van der Waals surface area contributed by atoms with Gasteiger partial charge in [0.2, 0.25) is 10.0 Å². The normalized spacial score (nSPS) is 16.4. The summed E-state index contributed by atoms with van der Waals surface area (Å²) in [6.45, 7) is 3.55. The van der Waals surface area contributed by atoms with Crippen molar-refractivity contribution in [2.75, 3.05) is 19.6 Å². The highest BCUT2D eigenvalue weighted by atomic mass is 35.5. The van der Waals surface area contributed by atoms with E-state index in [2.05, 4.69) is 9.71 Å². The second-order valence-electron chi connectivity index (χ2n) is 5.41. The Morgan fingerprint density at radius 1 is 1.45 bits per heavy atom. The van der Waals surface area contributed by atoms with Crippen molar-refractivity contribution in [2.24, 2.45) is 5.73 Å². The van der Waals surface area contributed by atoms with Crippen LogP contribution in [-0.2, 0) is 10.0 Å². The third-order valence-electron chi connectivity index (χ3n) is 3.48. The summed E-state index contributed by atoms with van der Waals surface area (Å²) in [5.41, 5.74) is 5.89. The number of hydrogen-bond donors (Lipinski definition) is 3. The molecule has 0 aromatic carbocycles. The van der Waals surface area contributed by atoms with E-state index < -0.39 is 10.0 Å². The number of amides is 1. The zero-order valence-electron chi connectivity index (χ0n) is 12.5. The van der Waals surface area contributed by atoms with E-state index in [1.165, 1.54) is 12.3 Å². The monoisotopic (exact) mass is 350 g/mol. The first-order valence-corrected chi connectivity index (χ1v) is 8.61. The van der Waals surface area contributed by atoms with Crippen molar-refractivity contribution in [2.45, 2.75) is 37.1 Å². The molecule has 126 valence electrons. The molecule has 2 rings (SSSR count). The molecule has 1 aliphatic rings. The lowest BCUT2D eigenvalue weighted by molar-refractivity contribution is 0.0787. The quantitative estimate of drug-likeness (QED) is 0.701. The van der Waals surface area contributed by atoms with E-state index in [0.29, 0.717) is 12.1 Å². The van der Waals surface area contributed by atoms with Crippen molar-refractivity contribution in [3.63, 3.8) is 0 Å². The van der Waals surface area contributed by atoms with E-state index in [0.717, 1.165) is 25.9 Å². The van der Waals surface area contributed by atoms with Crippen molar-refractivity contribution >= 4 is 28.3 Å². The Morgan fingerprint density at radius 3 is 2.68 bits per heavy atom. The average Bonchev–Trinajstić information content (AvgIpc) is 3.09. The molecule has 0 aliphatic carbocycles. The van der Waals surface area contributed by atoms with Crippen LogP contribution in [0.4, 0.5) is 0 Å². The minimum absolute atomic E-state index is 0. The summed E-state index contributed by atoms with van der Waals surface area (Å²) >= 11 is 0. The summed E-state index contributed by atoms with van der Waals surface area (Å²) in [6.07, 6.45) is 3.90. The molecule has 0 saturated carbocycles. The van der Waals surface area contributed by atoms with Crippen molar-refractivity contribution in [1.82, 2.24) is 14.6 Å². The topological polar surface area (TPSA) is 108 Å². The van der Waals surface area contributed by atoms with E-state index >= 15 is 0 Å². The molecule has 1 aromatic heterocycles. The maximum Gasteiger partial charge on any atom is 0.270 e. The van der Waals surface area contributed by atoms with Crippen LogP contribution in [0.5, 0.6) is 0 Å². The highest BCUT2D eigenvalue weighted by Crippen LogP contribution is 2.15. The van der Waals surface area contributed by atoms with Gasteiger partial charge in [0, 0.05) is 31.9 Å². The Bertz CT molecular complexity index is 594. The van der Waals surface area contributed by atoms with Gasteiger partial charge in [-0.3, -0.25) is 4.79 Å². The fraction of sp³-hybridized carbons (Fsp3) is 0.615. The minimum Gasteiger partial charge on any atom is -0.356 e. The van der Waals surface area contributed by atoms with Gasteiger partial charge in [0.15, 0.2) is 0 Å². The molecule has 1 fully saturated rings. The first kappa shape index (κ1) is 19.0. The van der Waals surface area contributed by atoms with Crippen molar-refractivity contribution < 1.29 is 13.2 Å². The molecule has 1 unspecified atom stereocenters. The minimum atomic E-state index is -3.60. The van der Waals surface area contributed by atoms with Gasteiger partial charge in [0.1, 0.15) is 10.6 Å². The summed E-state index contributed by atoms with van der Waals surface area (Å²) in [6, 6.07) is 1.32. The summed E-state index contributed by atoms with van der Waals surface area (Å²) in [5.74, 6) is -0.149. The van der Waals surface area contributed by atoms with Gasteiger partial charge < -0.3 is 15.6 Å². The fourth-order valence-electron chi connectivity index (χ4n) is 2.25. The number of nitrogens with one attached hydrogen (secondary N) is 2. The Labute approximate surface area is 137 Å². The largest absolute Gasteiger partial charge is 0.356 e. The van der Waals surface area contributed by atoms with E-state index in [1.54, 1.807) is 4.90 Å². The van der Waals surface area contributed by atoms with Gasteiger partial charge >= 0.3 is 0 Å². The highest BCUT2D eigenvalue weighted by molar-refractivity contribution is 7.89. The lowest BCUT2D eigenvalue weighted by Gasteiger charge is -2.13. The van der Waals surface area contributed by atoms with E-state index in [-0.39, 0.29) is 35.8 Å². The summed E-state index contributed by atoms with van der Waals surface area (Å²) in [4.78, 5) is 16.7. The average molecular weight is 351 g/mol. The molecule has 1 atom stereocenters. The van der Waals surface area contributed by atoms with Gasteiger partial charge in [0.05, 0.1) is 0 Å². The van der Waals surface area contributed by atoms with Gasteiger partial charge in [-0.2, -0.15) is 0 Å². The highest BCUT2D eigenvalue weighted by Gasteiger charge is 2.23. The molecule has 1 aliphatic heterocycles. The number of rotatable bonds is 6. The van der Waals surface area contributed by atoms with Gasteiger partial charge in [-0.1, -0.05) is 0 Å². The number of carbonyl (C=O) groups excluding carboxylic acids is 1. The van der Waals surface area contributed by atoms with E-state index in [1.807, 2.05) is 6.92 Å². The summed E-state index contributed by atoms with van der Waals surface area (Å²) in [5, 5.41) is 0. The predicted octanol–water partition coefficient (Wildman–Crippen LogP) is 0.688. The van der Waals surface area contributed by atoms with E-state index in [4.69, 9.17) is 5.73 Å². The number of nitrogens with two attached hydrogens (primary N) is 1. The third-order valence-corrected chi connectivity index (χ3v) is 4.92. The molecule has 4 N–H and O–H groups in total. The van der Waals surface area contributed by atoms with Crippen LogP contribution in [0.3, 0.4) is 0 Å². The van der Waals surface area contributed by atoms with Gasteiger partial charge in [-0.05, 0) is 32.3 Å². The van der Waals surface area contributed by atoms with Gasteiger partial charge in [0.25, 0.3) is 5.91 Å². The maximum absolute atomic E-state index is 12.2. The summed E-state index contributed by atoms with van der Waals surface area (Å²) in [7, 11) is -3.60. The molecular formula is C13H23ClN4O3S. The number of sulfonamides is 1. The molecule has 1 saturated heterocycles. The lowest BCUT2D eigenvalue weighted by Crippen LogP contribution is -2.29. The van der Waals surface area contributed by atoms with Crippen LogP contribution in [0, 0.1) is 0 Å². The number of nitrogens with zero attached hydrogens (tertiary/aromatic N) is 1. The molecule has 22 heavy (non-hydrogen) atoms. The second-order valence-corrected chi connectivity index (χ2v) is 7.18. The molecular weight excluding hydrogens is 328 g/mol. The SMILES string of the molecule is CC(N)CCNS(=O)(=O)c1c[nH]c(C(=O)N2CCCC2)c1.Cl.